The van der Waals surface area contributed by atoms with E-state index in [1.807, 2.05) is 30.3 Å². The van der Waals surface area contributed by atoms with E-state index in [9.17, 15) is 14.0 Å². The summed E-state index contributed by atoms with van der Waals surface area (Å²) in [6.07, 6.45) is 2.00. The zero-order chi connectivity index (χ0) is 22.5. The van der Waals surface area contributed by atoms with Crippen LogP contribution in [0.2, 0.25) is 0 Å². The fraction of sp³-hybridized carbons (Fsp3) is 0.346. The molecule has 32 heavy (non-hydrogen) atoms. The first-order valence-electron chi connectivity index (χ1n) is 11.1. The second-order valence-electron chi connectivity index (χ2n) is 9.19. The van der Waals surface area contributed by atoms with Crippen LogP contribution in [0.3, 0.4) is 0 Å². The highest BCUT2D eigenvalue weighted by Crippen LogP contribution is 2.57. The van der Waals surface area contributed by atoms with Crippen LogP contribution in [0, 0.1) is 17.7 Å². The Balaban J connectivity index is 1.51. The lowest BCUT2D eigenvalue weighted by Gasteiger charge is -2.55. The van der Waals surface area contributed by atoms with Gasteiger partial charge in [0.15, 0.2) is 11.5 Å². The molecule has 0 N–H and O–H groups in total. The fourth-order valence-corrected chi connectivity index (χ4v) is 5.38. The van der Waals surface area contributed by atoms with E-state index in [-0.39, 0.29) is 35.2 Å². The van der Waals surface area contributed by atoms with Crippen LogP contribution in [0.4, 0.5) is 4.39 Å². The van der Waals surface area contributed by atoms with Gasteiger partial charge in [0.2, 0.25) is 11.7 Å². The van der Waals surface area contributed by atoms with Gasteiger partial charge in [-0.2, -0.15) is 0 Å². The Morgan fingerprint density at radius 1 is 1.19 bits per heavy atom. The first-order valence-corrected chi connectivity index (χ1v) is 11.1. The highest BCUT2D eigenvalue weighted by atomic mass is 19.1. The van der Waals surface area contributed by atoms with Crippen LogP contribution in [0.5, 0.6) is 0 Å². The van der Waals surface area contributed by atoms with Gasteiger partial charge in [-0.05, 0) is 55.0 Å². The smallest absolute Gasteiger partial charge is 0.229 e. The van der Waals surface area contributed by atoms with Crippen molar-refractivity contribution in [3.05, 3.63) is 77.7 Å². The molecule has 3 heterocycles. The Hall–Kier alpha value is -3.28. The van der Waals surface area contributed by atoms with E-state index in [4.69, 9.17) is 4.52 Å². The van der Waals surface area contributed by atoms with E-state index >= 15 is 0 Å². The molecular formula is C26H25FN2O3. The van der Waals surface area contributed by atoms with Gasteiger partial charge in [0.1, 0.15) is 11.4 Å². The van der Waals surface area contributed by atoms with Crippen molar-refractivity contribution in [3.63, 3.8) is 0 Å². The number of hydrogen-bond acceptors (Lipinski definition) is 4. The predicted octanol–water partition coefficient (Wildman–Crippen LogP) is 5.44. The number of nitrogens with zero attached hydrogens (tertiary/aromatic N) is 2. The Morgan fingerprint density at radius 2 is 1.91 bits per heavy atom. The summed E-state index contributed by atoms with van der Waals surface area (Å²) in [7, 11) is 0. The number of carbonyl (C=O) groups is 2. The van der Waals surface area contributed by atoms with Gasteiger partial charge in [0.25, 0.3) is 0 Å². The first kappa shape index (κ1) is 20.6. The second-order valence-corrected chi connectivity index (χ2v) is 9.19. The van der Waals surface area contributed by atoms with Crippen molar-refractivity contribution in [1.29, 1.82) is 0 Å². The number of β-lactam (4-membered cyclic amide) rings is 1. The zero-order valence-corrected chi connectivity index (χ0v) is 18.1. The van der Waals surface area contributed by atoms with Gasteiger partial charge in [0.05, 0.1) is 12.0 Å². The van der Waals surface area contributed by atoms with E-state index in [1.54, 1.807) is 23.1 Å². The molecule has 1 unspecified atom stereocenters. The maximum atomic E-state index is 13.9. The largest absolute Gasteiger partial charge is 0.356 e. The third kappa shape index (κ3) is 3.08. The summed E-state index contributed by atoms with van der Waals surface area (Å²) in [4.78, 5) is 28.9. The quantitative estimate of drug-likeness (QED) is 0.384. The van der Waals surface area contributed by atoms with Gasteiger partial charge in [-0.15, -0.1) is 0 Å². The van der Waals surface area contributed by atoms with Crippen LogP contribution in [-0.4, -0.2) is 27.3 Å². The minimum absolute atomic E-state index is 0.0423. The topological polar surface area (TPSA) is 63.4 Å². The molecule has 2 saturated heterocycles. The third-order valence-electron chi connectivity index (χ3n) is 6.81. The van der Waals surface area contributed by atoms with E-state index in [0.717, 1.165) is 12.0 Å². The molecule has 0 saturated carbocycles. The molecule has 5 rings (SSSR count). The Bertz CT molecular complexity index is 1160. The molecule has 0 radical (unpaired) electrons. The highest BCUT2D eigenvalue weighted by Gasteiger charge is 2.69. The molecule has 164 valence electrons. The summed E-state index contributed by atoms with van der Waals surface area (Å²) >= 11 is 0. The van der Waals surface area contributed by atoms with Crippen LogP contribution in [0.25, 0.3) is 11.3 Å². The molecule has 0 spiro atoms. The number of hydrogen-bond donors (Lipinski definition) is 0. The molecule has 2 aliphatic rings. The Kier molecular flexibility index (Phi) is 4.96. The second kappa shape index (κ2) is 7.69. The fourth-order valence-electron chi connectivity index (χ4n) is 5.38. The molecule has 2 aliphatic heterocycles. The molecule has 2 aromatic carbocycles. The van der Waals surface area contributed by atoms with Gasteiger partial charge < -0.3 is 9.42 Å². The van der Waals surface area contributed by atoms with Crippen LogP contribution < -0.4 is 0 Å². The lowest BCUT2D eigenvalue weighted by atomic mass is 9.66. The summed E-state index contributed by atoms with van der Waals surface area (Å²) in [6, 6.07) is 17.2. The number of rotatable bonds is 6. The maximum absolute atomic E-state index is 13.9. The number of ketones is 1. The van der Waals surface area contributed by atoms with Crippen LogP contribution >= 0.6 is 0 Å². The van der Waals surface area contributed by atoms with Crippen molar-refractivity contribution < 1.29 is 18.5 Å². The van der Waals surface area contributed by atoms with Crippen molar-refractivity contribution in [1.82, 2.24) is 10.1 Å². The normalized spacial score (nSPS) is 24.5. The highest BCUT2D eigenvalue weighted by molar-refractivity contribution is 6.12. The Labute approximate surface area is 186 Å². The van der Waals surface area contributed by atoms with Crippen molar-refractivity contribution >= 4 is 11.7 Å². The van der Waals surface area contributed by atoms with Crippen molar-refractivity contribution in [2.45, 2.75) is 44.7 Å². The van der Waals surface area contributed by atoms with Gasteiger partial charge in [-0.3, -0.25) is 9.59 Å². The number of Topliss-reactive ketones (excluding diaryl/α,β-unsaturated/α-hetero) is 1. The van der Waals surface area contributed by atoms with Crippen LogP contribution in [0.15, 0.2) is 65.2 Å². The molecule has 3 aromatic rings. The van der Waals surface area contributed by atoms with Gasteiger partial charge in [-0.25, -0.2) is 4.39 Å². The molecule has 1 amide bonds. The summed E-state index contributed by atoms with van der Waals surface area (Å²) in [6.45, 7) is 4.14. The van der Waals surface area contributed by atoms with Crippen molar-refractivity contribution in [2.24, 2.45) is 11.8 Å². The number of benzene rings is 2. The molecule has 0 aliphatic carbocycles. The zero-order valence-electron chi connectivity index (χ0n) is 18.1. The van der Waals surface area contributed by atoms with Crippen molar-refractivity contribution in [3.8, 4) is 11.3 Å². The summed E-state index contributed by atoms with van der Waals surface area (Å²) in [5.41, 5.74) is 1.01. The summed E-state index contributed by atoms with van der Waals surface area (Å²) in [5.74, 6) is -0.131. The van der Waals surface area contributed by atoms with Gasteiger partial charge >= 0.3 is 0 Å². The number of halogens is 1. The minimum atomic E-state index is -0.890. The molecule has 6 heteroatoms. The average molecular weight is 432 g/mol. The van der Waals surface area contributed by atoms with Crippen LogP contribution in [-0.2, 0) is 4.79 Å². The summed E-state index contributed by atoms with van der Waals surface area (Å²) in [5, 5.41) is 4.05. The van der Waals surface area contributed by atoms with E-state index < -0.39 is 5.54 Å². The SMILES string of the molecule is CC(C)C[C@@H]1C(=O)N2[C@H](c3ccccc3)CCC12C(=O)c1cc(-c2ccc(F)cc2)on1. The van der Waals surface area contributed by atoms with Crippen molar-refractivity contribution in [2.75, 3.05) is 0 Å². The maximum Gasteiger partial charge on any atom is 0.229 e. The molecule has 3 atom stereocenters. The number of fused-ring (bicyclic) bond motifs is 1. The molecule has 0 bridgehead atoms. The monoisotopic (exact) mass is 432 g/mol. The lowest BCUT2D eigenvalue weighted by Crippen LogP contribution is -2.72. The number of carbonyl (C=O) groups excluding carboxylic acids is 2. The molecular weight excluding hydrogens is 407 g/mol. The van der Waals surface area contributed by atoms with Crippen LogP contribution in [0.1, 0.15) is 55.2 Å². The Morgan fingerprint density at radius 3 is 2.59 bits per heavy atom. The number of amides is 1. The van der Waals surface area contributed by atoms with E-state index in [0.29, 0.717) is 30.1 Å². The summed E-state index contributed by atoms with van der Waals surface area (Å²) < 4.78 is 18.7. The predicted molar refractivity (Wildman–Crippen MR) is 117 cm³/mol. The third-order valence-corrected chi connectivity index (χ3v) is 6.81. The van der Waals surface area contributed by atoms with E-state index in [2.05, 4.69) is 19.0 Å². The lowest BCUT2D eigenvalue weighted by molar-refractivity contribution is -0.165. The van der Waals surface area contributed by atoms with E-state index in [1.165, 1.54) is 12.1 Å². The number of aromatic nitrogens is 1. The minimum Gasteiger partial charge on any atom is -0.356 e. The van der Waals surface area contributed by atoms with Gasteiger partial charge in [-0.1, -0.05) is 49.3 Å². The molecule has 5 nitrogen and oxygen atoms in total. The van der Waals surface area contributed by atoms with Gasteiger partial charge in [0, 0.05) is 11.6 Å². The standard InChI is InChI=1S/C26H25FN2O3/c1-16(2)14-20-25(31)29-22(17-6-4-3-5-7-17)12-13-26(20,29)24(30)21-15-23(32-28-21)18-8-10-19(27)11-9-18/h3-11,15-16,20,22H,12-14H2,1-2H3/t20-,22+,26?/m1/s1. The average Bonchev–Trinajstić information content (AvgIpc) is 3.42. The molecule has 1 aromatic heterocycles. The first-order chi connectivity index (χ1) is 15.4. The molecule has 2 fully saturated rings.